The van der Waals surface area contributed by atoms with Crippen LogP contribution >= 0.6 is 0 Å². The molecule has 10 heteroatoms. The van der Waals surface area contributed by atoms with E-state index in [0.29, 0.717) is 5.56 Å². The lowest BCUT2D eigenvalue weighted by Crippen LogP contribution is -2.36. The molecule has 150 valence electrons. The summed E-state index contributed by atoms with van der Waals surface area (Å²) in [7, 11) is -1.84. The van der Waals surface area contributed by atoms with Gasteiger partial charge in [0.1, 0.15) is 5.75 Å². The molecule has 0 bridgehead atoms. The standard InChI is InChI=1S/C18H20N2O7S/c1-12(18(21)27-3)17(13-7-5-4-6-8-13)19-28(24,25)16-10-9-14(26-2)11-15(16)20(22)23/h4-12,17,19H,1-3H3/t12-,17-/m1/s1. The number of benzene rings is 2. The van der Waals surface area contributed by atoms with E-state index in [4.69, 9.17) is 9.47 Å². The summed E-state index contributed by atoms with van der Waals surface area (Å²) in [6, 6.07) is 10.9. The number of rotatable bonds is 8. The highest BCUT2D eigenvalue weighted by atomic mass is 32.2. The van der Waals surface area contributed by atoms with Crippen LogP contribution < -0.4 is 9.46 Å². The second-order valence-electron chi connectivity index (χ2n) is 5.91. The molecule has 2 rings (SSSR count). The summed E-state index contributed by atoms with van der Waals surface area (Å²) in [6.07, 6.45) is 0. The molecule has 0 heterocycles. The van der Waals surface area contributed by atoms with Gasteiger partial charge >= 0.3 is 5.97 Å². The Hall–Kier alpha value is -2.98. The molecule has 0 unspecified atom stereocenters. The van der Waals surface area contributed by atoms with E-state index in [1.807, 2.05) is 0 Å². The first-order chi connectivity index (χ1) is 13.2. The molecule has 1 N–H and O–H groups in total. The van der Waals surface area contributed by atoms with Crippen LogP contribution in [-0.2, 0) is 19.6 Å². The van der Waals surface area contributed by atoms with Gasteiger partial charge in [0.05, 0.1) is 37.2 Å². The van der Waals surface area contributed by atoms with Gasteiger partial charge in [0.2, 0.25) is 10.0 Å². The minimum absolute atomic E-state index is 0.146. The zero-order chi connectivity index (χ0) is 20.9. The number of ether oxygens (including phenoxy) is 2. The molecular formula is C18H20N2O7S. The molecule has 28 heavy (non-hydrogen) atoms. The highest BCUT2D eigenvalue weighted by Gasteiger charge is 2.34. The third-order valence-electron chi connectivity index (χ3n) is 4.17. The van der Waals surface area contributed by atoms with Crippen molar-refractivity contribution in [1.82, 2.24) is 4.72 Å². The second kappa shape index (κ2) is 8.81. The summed E-state index contributed by atoms with van der Waals surface area (Å²) in [6.45, 7) is 1.51. The molecule has 0 spiro atoms. The first kappa shape index (κ1) is 21.3. The van der Waals surface area contributed by atoms with Crippen LogP contribution in [0.3, 0.4) is 0 Å². The maximum atomic E-state index is 12.9. The lowest BCUT2D eigenvalue weighted by molar-refractivity contribution is -0.387. The normalized spacial score (nSPS) is 13.4. The van der Waals surface area contributed by atoms with Crippen molar-refractivity contribution in [3.05, 3.63) is 64.2 Å². The Morgan fingerprint density at radius 1 is 1.14 bits per heavy atom. The summed E-state index contributed by atoms with van der Waals surface area (Å²) < 4.78 is 38.0. The Morgan fingerprint density at radius 2 is 1.79 bits per heavy atom. The maximum Gasteiger partial charge on any atom is 0.310 e. The molecule has 0 saturated carbocycles. The third-order valence-corrected chi connectivity index (χ3v) is 5.65. The minimum atomic E-state index is -4.35. The predicted molar refractivity (Wildman–Crippen MR) is 100 cm³/mol. The molecule has 0 amide bonds. The van der Waals surface area contributed by atoms with E-state index in [0.717, 1.165) is 12.1 Å². The molecule has 2 aromatic carbocycles. The van der Waals surface area contributed by atoms with Gasteiger partial charge in [0.15, 0.2) is 4.90 Å². The lowest BCUT2D eigenvalue weighted by Gasteiger charge is -2.23. The second-order valence-corrected chi connectivity index (χ2v) is 7.59. The average Bonchev–Trinajstić information content (AvgIpc) is 2.70. The fraction of sp³-hybridized carbons (Fsp3) is 0.278. The SMILES string of the molecule is COC(=O)[C@H](C)[C@@H](NS(=O)(=O)c1ccc(OC)cc1[N+](=O)[O-])c1ccccc1. The molecule has 0 saturated heterocycles. The summed E-state index contributed by atoms with van der Waals surface area (Å²) in [5.41, 5.74) is -0.121. The fourth-order valence-corrected chi connectivity index (χ4v) is 4.12. The lowest BCUT2D eigenvalue weighted by atomic mass is 9.95. The van der Waals surface area contributed by atoms with Crippen molar-refractivity contribution >= 4 is 21.7 Å². The van der Waals surface area contributed by atoms with Gasteiger partial charge in [-0.2, -0.15) is 0 Å². The molecule has 0 aliphatic rings. The highest BCUT2D eigenvalue weighted by Crippen LogP contribution is 2.31. The summed E-state index contributed by atoms with van der Waals surface area (Å²) >= 11 is 0. The molecule has 0 aliphatic carbocycles. The number of sulfonamides is 1. The number of hydrogen-bond acceptors (Lipinski definition) is 7. The van der Waals surface area contributed by atoms with Crippen LogP contribution in [0.15, 0.2) is 53.4 Å². The van der Waals surface area contributed by atoms with Crippen molar-refractivity contribution in [2.45, 2.75) is 17.9 Å². The molecule has 0 aromatic heterocycles. The molecule has 2 aromatic rings. The number of nitro benzene ring substituents is 1. The van der Waals surface area contributed by atoms with Crippen LogP contribution in [0.4, 0.5) is 5.69 Å². The van der Waals surface area contributed by atoms with Crippen molar-refractivity contribution in [2.24, 2.45) is 5.92 Å². The van der Waals surface area contributed by atoms with Crippen LogP contribution in [0.1, 0.15) is 18.5 Å². The van der Waals surface area contributed by atoms with E-state index in [1.165, 1.54) is 27.2 Å². The van der Waals surface area contributed by atoms with Crippen molar-refractivity contribution in [3.63, 3.8) is 0 Å². The third kappa shape index (κ3) is 4.65. The monoisotopic (exact) mass is 408 g/mol. The summed E-state index contributed by atoms with van der Waals surface area (Å²) in [5, 5.41) is 11.4. The zero-order valence-corrected chi connectivity index (χ0v) is 16.3. The maximum absolute atomic E-state index is 12.9. The molecule has 0 fully saturated rings. The molecular weight excluding hydrogens is 388 g/mol. The number of nitrogens with zero attached hydrogens (tertiary/aromatic N) is 1. The number of esters is 1. The smallest absolute Gasteiger partial charge is 0.310 e. The van der Waals surface area contributed by atoms with Crippen LogP contribution in [0.5, 0.6) is 5.75 Å². The van der Waals surface area contributed by atoms with Gasteiger partial charge in [-0.25, -0.2) is 13.1 Å². The van der Waals surface area contributed by atoms with E-state index in [9.17, 15) is 23.3 Å². The number of carbonyl (C=O) groups is 1. The van der Waals surface area contributed by atoms with Crippen LogP contribution in [0.25, 0.3) is 0 Å². The largest absolute Gasteiger partial charge is 0.497 e. The number of nitrogens with one attached hydrogen (secondary N) is 1. The quantitative estimate of drug-likeness (QED) is 0.404. The van der Waals surface area contributed by atoms with Crippen LogP contribution in [0.2, 0.25) is 0 Å². The molecule has 9 nitrogen and oxygen atoms in total. The molecule has 2 atom stereocenters. The van der Waals surface area contributed by atoms with Crippen molar-refractivity contribution < 1.29 is 27.6 Å². The Balaban J connectivity index is 2.51. The minimum Gasteiger partial charge on any atom is -0.497 e. The number of carbonyl (C=O) groups excluding carboxylic acids is 1. The highest BCUT2D eigenvalue weighted by molar-refractivity contribution is 7.89. The number of hydrogen-bond donors (Lipinski definition) is 1. The van der Waals surface area contributed by atoms with Gasteiger partial charge in [0.25, 0.3) is 5.69 Å². The van der Waals surface area contributed by atoms with Gasteiger partial charge in [0, 0.05) is 0 Å². The Morgan fingerprint density at radius 3 is 2.32 bits per heavy atom. The van der Waals surface area contributed by atoms with Gasteiger partial charge < -0.3 is 9.47 Å². The zero-order valence-electron chi connectivity index (χ0n) is 15.5. The Bertz CT molecular complexity index is 961. The van der Waals surface area contributed by atoms with E-state index in [2.05, 4.69) is 4.72 Å². The van der Waals surface area contributed by atoms with E-state index < -0.39 is 43.5 Å². The first-order valence-corrected chi connectivity index (χ1v) is 9.67. The van der Waals surface area contributed by atoms with Crippen LogP contribution in [0, 0.1) is 16.0 Å². The summed E-state index contributed by atoms with van der Waals surface area (Å²) in [5.74, 6) is -1.35. The molecule has 0 aliphatic heterocycles. The van der Waals surface area contributed by atoms with Crippen molar-refractivity contribution in [1.29, 1.82) is 0 Å². The van der Waals surface area contributed by atoms with Gasteiger partial charge in [-0.1, -0.05) is 37.3 Å². The van der Waals surface area contributed by atoms with Crippen LogP contribution in [-0.4, -0.2) is 33.5 Å². The van der Waals surface area contributed by atoms with Gasteiger partial charge in [-0.05, 0) is 17.7 Å². The number of nitro groups is 1. The van der Waals surface area contributed by atoms with Gasteiger partial charge in [-0.15, -0.1) is 0 Å². The van der Waals surface area contributed by atoms with Gasteiger partial charge in [-0.3, -0.25) is 14.9 Å². The number of methoxy groups -OCH3 is 2. The van der Waals surface area contributed by atoms with E-state index in [1.54, 1.807) is 30.3 Å². The Labute approximate surface area is 162 Å². The van der Waals surface area contributed by atoms with Crippen molar-refractivity contribution in [2.75, 3.05) is 14.2 Å². The average molecular weight is 408 g/mol. The first-order valence-electron chi connectivity index (χ1n) is 8.18. The van der Waals surface area contributed by atoms with E-state index in [-0.39, 0.29) is 5.75 Å². The van der Waals surface area contributed by atoms with E-state index >= 15 is 0 Å². The van der Waals surface area contributed by atoms with Crippen molar-refractivity contribution in [3.8, 4) is 5.75 Å². The fourth-order valence-electron chi connectivity index (χ4n) is 2.67. The summed E-state index contributed by atoms with van der Waals surface area (Å²) in [4.78, 5) is 22.1. The molecule has 0 radical (unpaired) electrons. The Kier molecular flexibility index (Phi) is 6.71. The topological polar surface area (TPSA) is 125 Å². The predicted octanol–water partition coefficient (Wildman–Crippen LogP) is 2.43.